The fraction of sp³-hybridized carbons (Fsp3) is 0.154. The van der Waals surface area contributed by atoms with Crippen molar-refractivity contribution in [1.29, 1.82) is 0 Å². The Morgan fingerprint density at radius 2 is 1.91 bits per heavy atom. The van der Waals surface area contributed by atoms with Crippen molar-refractivity contribution in [2.24, 2.45) is 0 Å². The SMILES string of the molecule is O=C(c1ccc(O)cc1O)N(Cc1cccnc1)c1ccc(-c2nc(Cl)nc3c2COCC3)cc1. The lowest BCUT2D eigenvalue weighted by molar-refractivity contribution is 0.0982. The Bertz CT molecular complexity index is 1380. The van der Waals surface area contributed by atoms with Gasteiger partial charge >= 0.3 is 0 Å². The van der Waals surface area contributed by atoms with Gasteiger partial charge in [0.2, 0.25) is 5.28 Å². The second-order valence-electron chi connectivity index (χ2n) is 8.07. The van der Waals surface area contributed by atoms with Crippen LogP contribution < -0.4 is 4.90 Å². The number of aromatic hydroxyl groups is 2. The first-order valence-corrected chi connectivity index (χ1v) is 11.3. The molecular formula is C26H21ClN4O4. The van der Waals surface area contributed by atoms with E-state index < -0.39 is 5.91 Å². The number of benzene rings is 2. The van der Waals surface area contributed by atoms with Gasteiger partial charge in [-0.25, -0.2) is 9.97 Å². The number of amides is 1. The molecule has 0 spiro atoms. The molecule has 2 N–H and O–H groups in total. The first-order chi connectivity index (χ1) is 17.0. The van der Waals surface area contributed by atoms with Gasteiger partial charge in [-0.3, -0.25) is 9.78 Å². The first-order valence-electron chi connectivity index (χ1n) is 11.0. The summed E-state index contributed by atoms with van der Waals surface area (Å²) in [5.74, 6) is -0.849. The molecule has 0 radical (unpaired) electrons. The van der Waals surface area contributed by atoms with E-state index in [1.54, 1.807) is 23.4 Å². The van der Waals surface area contributed by atoms with E-state index in [9.17, 15) is 15.0 Å². The summed E-state index contributed by atoms with van der Waals surface area (Å²) in [5.41, 5.74) is 4.81. The number of phenolic OH excluding ortho intramolecular Hbond substituents is 2. The predicted octanol–water partition coefficient (Wildman–Crippen LogP) is 4.52. The first kappa shape index (κ1) is 22.8. The quantitative estimate of drug-likeness (QED) is 0.397. The zero-order chi connectivity index (χ0) is 24.4. The third-order valence-corrected chi connectivity index (χ3v) is 5.94. The van der Waals surface area contributed by atoms with Crippen molar-refractivity contribution in [3.05, 3.63) is 94.7 Å². The molecule has 8 nitrogen and oxygen atoms in total. The van der Waals surface area contributed by atoms with Gasteiger partial charge in [0.1, 0.15) is 11.5 Å². The molecule has 0 saturated heterocycles. The number of anilines is 1. The molecule has 2 aromatic heterocycles. The maximum Gasteiger partial charge on any atom is 0.262 e. The molecular weight excluding hydrogens is 468 g/mol. The summed E-state index contributed by atoms with van der Waals surface area (Å²) in [6, 6.07) is 14.9. The van der Waals surface area contributed by atoms with Crippen molar-refractivity contribution in [2.75, 3.05) is 11.5 Å². The molecule has 0 atom stereocenters. The lowest BCUT2D eigenvalue weighted by atomic mass is 10.0. The lowest BCUT2D eigenvalue weighted by Gasteiger charge is -2.24. The minimum Gasteiger partial charge on any atom is -0.508 e. The third kappa shape index (κ3) is 4.80. The normalized spacial score (nSPS) is 12.7. The van der Waals surface area contributed by atoms with Gasteiger partial charge in [-0.05, 0) is 47.5 Å². The van der Waals surface area contributed by atoms with Crippen LogP contribution in [-0.4, -0.2) is 37.7 Å². The molecule has 9 heteroatoms. The summed E-state index contributed by atoms with van der Waals surface area (Å²) < 4.78 is 5.60. The number of halogens is 1. The van der Waals surface area contributed by atoms with Crippen LogP contribution in [-0.2, 0) is 24.3 Å². The van der Waals surface area contributed by atoms with Crippen LogP contribution >= 0.6 is 11.6 Å². The summed E-state index contributed by atoms with van der Waals surface area (Å²) >= 11 is 6.18. The summed E-state index contributed by atoms with van der Waals surface area (Å²) in [5, 5.41) is 20.1. The Balaban J connectivity index is 1.52. The fourth-order valence-corrected chi connectivity index (χ4v) is 4.23. The summed E-state index contributed by atoms with van der Waals surface area (Å²) in [7, 11) is 0. The highest BCUT2D eigenvalue weighted by molar-refractivity contribution is 6.28. The van der Waals surface area contributed by atoms with Crippen molar-refractivity contribution in [3.8, 4) is 22.8 Å². The molecule has 35 heavy (non-hydrogen) atoms. The number of rotatable bonds is 5. The fourth-order valence-electron chi connectivity index (χ4n) is 4.04. The van der Waals surface area contributed by atoms with Gasteiger partial charge in [-0.1, -0.05) is 18.2 Å². The second kappa shape index (κ2) is 9.69. The molecule has 176 valence electrons. The van der Waals surface area contributed by atoms with Crippen LogP contribution in [0.25, 0.3) is 11.3 Å². The minimum absolute atomic E-state index is 0.0737. The van der Waals surface area contributed by atoms with Crippen LogP contribution in [0.3, 0.4) is 0 Å². The van der Waals surface area contributed by atoms with E-state index in [1.807, 2.05) is 30.3 Å². The number of nitrogens with zero attached hydrogens (tertiary/aromatic N) is 4. The molecule has 0 saturated carbocycles. The van der Waals surface area contributed by atoms with E-state index in [0.717, 1.165) is 28.5 Å². The molecule has 0 aliphatic carbocycles. The van der Waals surface area contributed by atoms with Gasteiger partial charge in [-0.2, -0.15) is 0 Å². The van der Waals surface area contributed by atoms with Crippen LogP contribution in [0.5, 0.6) is 11.5 Å². The van der Waals surface area contributed by atoms with E-state index in [2.05, 4.69) is 15.0 Å². The van der Waals surface area contributed by atoms with Crippen molar-refractivity contribution in [3.63, 3.8) is 0 Å². The highest BCUT2D eigenvalue weighted by Crippen LogP contribution is 2.32. The predicted molar refractivity (Wildman–Crippen MR) is 130 cm³/mol. The van der Waals surface area contributed by atoms with Gasteiger partial charge in [0, 0.05) is 41.7 Å². The zero-order valence-electron chi connectivity index (χ0n) is 18.6. The van der Waals surface area contributed by atoms with Gasteiger partial charge in [0.15, 0.2) is 0 Å². The van der Waals surface area contributed by atoms with Gasteiger partial charge in [0.25, 0.3) is 5.91 Å². The molecule has 5 rings (SSSR count). The van der Waals surface area contributed by atoms with Crippen LogP contribution in [0.1, 0.15) is 27.2 Å². The second-order valence-corrected chi connectivity index (χ2v) is 8.41. The smallest absolute Gasteiger partial charge is 0.262 e. The molecule has 4 aromatic rings. The molecule has 0 bridgehead atoms. The number of carbonyl (C=O) groups excluding carboxylic acids is 1. The average Bonchev–Trinajstić information content (AvgIpc) is 2.87. The number of ether oxygens (including phenoxy) is 1. The number of hydrogen-bond donors (Lipinski definition) is 2. The highest BCUT2D eigenvalue weighted by Gasteiger charge is 2.23. The summed E-state index contributed by atoms with van der Waals surface area (Å²) in [6.07, 6.45) is 4.01. The van der Waals surface area contributed by atoms with E-state index in [0.29, 0.717) is 31.0 Å². The molecule has 1 aliphatic heterocycles. The lowest BCUT2D eigenvalue weighted by Crippen LogP contribution is -2.30. The largest absolute Gasteiger partial charge is 0.508 e. The Labute approximate surface area is 206 Å². The Morgan fingerprint density at radius 1 is 1.09 bits per heavy atom. The zero-order valence-corrected chi connectivity index (χ0v) is 19.3. The maximum absolute atomic E-state index is 13.5. The Morgan fingerprint density at radius 3 is 2.66 bits per heavy atom. The van der Waals surface area contributed by atoms with Gasteiger partial charge in [0.05, 0.1) is 36.7 Å². The van der Waals surface area contributed by atoms with Crippen molar-refractivity contribution < 1.29 is 19.7 Å². The monoisotopic (exact) mass is 488 g/mol. The molecule has 3 heterocycles. The van der Waals surface area contributed by atoms with Crippen molar-refractivity contribution in [2.45, 2.75) is 19.6 Å². The topological polar surface area (TPSA) is 109 Å². The molecule has 1 amide bonds. The van der Waals surface area contributed by atoms with Gasteiger partial charge < -0.3 is 19.8 Å². The van der Waals surface area contributed by atoms with Crippen molar-refractivity contribution >= 4 is 23.2 Å². The number of hydrogen-bond acceptors (Lipinski definition) is 7. The Hall–Kier alpha value is -4.01. The summed E-state index contributed by atoms with van der Waals surface area (Å²) in [4.78, 5) is 27.9. The van der Waals surface area contributed by atoms with Crippen molar-refractivity contribution in [1.82, 2.24) is 15.0 Å². The highest BCUT2D eigenvalue weighted by atomic mass is 35.5. The average molecular weight is 489 g/mol. The number of pyridine rings is 1. The molecule has 0 fully saturated rings. The van der Waals surface area contributed by atoms with E-state index in [-0.39, 0.29) is 28.9 Å². The van der Waals surface area contributed by atoms with Crippen LogP contribution in [0.4, 0.5) is 5.69 Å². The van der Waals surface area contributed by atoms with Crippen LogP contribution in [0.15, 0.2) is 67.0 Å². The number of phenols is 2. The van der Waals surface area contributed by atoms with Crippen LogP contribution in [0, 0.1) is 0 Å². The molecule has 0 unspecified atom stereocenters. The molecule has 1 aliphatic rings. The minimum atomic E-state index is -0.421. The standard InChI is InChI=1S/C26H21ClN4O4/c27-26-29-22-9-11-35-15-21(22)24(30-26)17-3-5-18(6-4-17)31(14-16-2-1-10-28-13-16)25(34)20-8-7-19(32)12-23(20)33/h1-8,10,12-13,32-33H,9,11,14-15H2. The maximum atomic E-state index is 13.5. The van der Waals surface area contributed by atoms with E-state index in [1.165, 1.54) is 12.1 Å². The summed E-state index contributed by atoms with van der Waals surface area (Å²) in [6.45, 7) is 1.23. The van der Waals surface area contributed by atoms with Gasteiger partial charge in [-0.15, -0.1) is 0 Å². The number of aromatic nitrogens is 3. The van der Waals surface area contributed by atoms with E-state index >= 15 is 0 Å². The number of fused-ring (bicyclic) bond motifs is 1. The Kier molecular flexibility index (Phi) is 6.31. The van der Waals surface area contributed by atoms with E-state index in [4.69, 9.17) is 16.3 Å². The third-order valence-electron chi connectivity index (χ3n) is 5.77. The number of carbonyl (C=O) groups is 1. The van der Waals surface area contributed by atoms with Crippen LogP contribution in [0.2, 0.25) is 5.28 Å². The molecule has 2 aromatic carbocycles.